The average Bonchev–Trinajstić information content (AvgIpc) is 2.14. The van der Waals surface area contributed by atoms with Gasteiger partial charge in [0.05, 0.1) is 16.7 Å². The van der Waals surface area contributed by atoms with Crippen molar-refractivity contribution in [2.24, 2.45) is 27.2 Å². The first-order valence-corrected chi connectivity index (χ1v) is 4.30. The Morgan fingerprint density at radius 2 is 1.94 bits per heavy atom. The van der Waals surface area contributed by atoms with Gasteiger partial charge in [-0.3, -0.25) is 10.1 Å². The predicted octanol–water partition coefficient (Wildman–Crippen LogP) is -0.480. The van der Waals surface area contributed by atoms with Gasteiger partial charge in [-0.1, -0.05) is 0 Å². The van der Waals surface area contributed by atoms with Crippen molar-refractivity contribution in [3.63, 3.8) is 0 Å². The molecule has 1 aromatic rings. The zero-order chi connectivity index (χ0) is 13.0. The molecule has 0 saturated carbocycles. The van der Waals surface area contributed by atoms with Crippen LogP contribution in [0.1, 0.15) is 0 Å². The molecule has 0 unspecified atom stereocenters. The molecule has 9 heteroatoms. The number of guanidine groups is 2. The van der Waals surface area contributed by atoms with Crippen molar-refractivity contribution in [1.29, 1.82) is 0 Å². The Morgan fingerprint density at radius 1 is 1.29 bits per heavy atom. The predicted molar refractivity (Wildman–Crippen MR) is 61.9 cm³/mol. The van der Waals surface area contributed by atoms with Crippen LogP contribution in [0.5, 0.6) is 5.75 Å². The molecule has 9 nitrogen and oxygen atoms in total. The number of phenolic OH excluding ortho intramolecular Hbond substituents is 1. The number of aromatic hydroxyl groups is 1. The first kappa shape index (κ1) is 12.2. The summed E-state index contributed by atoms with van der Waals surface area (Å²) >= 11 is 0. The summed E-state index contributed by atoms with van der Waals surface area (Å²) in [6.45, 7) is 0. The van der Waals surface area contributed by atoms with E-state index >= 15 is 0 Å². The zero-order valence-electron chi connectivity index (χ0n) is 8.57. The van der Waals surface area contributed by atoms with Gasteiger partial charge in [0.2, 0.25) is 5.96 Å². The lowest BCUT2D eigenvalue weighted by Crippen LogP contribution is -2.26. The van der Waals surface area contributed by atoms with Gasteiger partial charge in [-0.2, -0.15) is 4.99 Å². The maximum Gasteiger partial charge on any atom is 0.275 e. The van der Waals surface area contributed by atoms with Gasteiger partial charge < -0.3 is 22.3 Å². The molecule has 1 aromatic carbocycles. The molecule has 17 heavy (non-hydrogen) atoms. The maximum absolute atomic E-state index is 10.5. The maximum atomic E-state index is 10.5. The quantitative estimate of drug-likeness (QED) is 0.235. The third kappa shape index (κ3) is 3.66. The second-order valence-electron chi connectivity index (χ2n) is 2.97. The van der Waals surface area contributed by atoms with Gasteiger partial charge in [-0.25, -0.2) is 4.99 Å². The molecule has 0 spiro atoms. The Balaban J connectivity index is 3.15. The van der Waals surface area contributed by atoms with E-state index in [1.165, 1.54) is 6.07 Å². The smallest absolute Gasteiger partial charge is 0.275 e. The van der Waals surface area contributed by atoms with E-state index in [1.54, 1.807) is 0 Å². The number of hydrogen-bond donors (Lipinski definition) is 4. The summed E-state index contributed by atoms with van der Waals surface area (Å²) in [6.07, 6.45) is 0. The third-order valence-corrected chi connectivity index (χ3v) is 1.59. The van der Waals surface area contributed by atoms with Crippen LogP contribution in [0.4, 0.5) is 11.4 Å². The second kappa shape index (κ2) is 4.79. The molecular formula is C8H10N6O3. The number of aliphatic imine (C=N–C) groups is 2. The number of phenols is 1. The molecule has 7 N–H and O–H groups in total. The normalized spacial score (nSPS) is 10.9. The molecule has 0 aliphatic heterocycles. The first-order chi connectivity index (χ1) is 7.88. The van der Waals surface area contributed by atoms with Crippen LogP contribution in [-0.2, 0) is 0 Å². The Bertz CT molecular complexity index is 506. The standard InChI is InChI=1S/C8H10N6O3/c9-7(10)13-8(11)12-4-1-5(14(16)17)3-6(15)2-4/h1-3,15H,(H6,9,10,11,12,13). The van der Waals surface area contributed by atoms with Gasteiger partial charge in [0.25, 0.3) is 5.69 Å². The van der Waals surface area contributed by atoms with E-state index in [1.807, 2.05) is 0 Å². The molecule has 0 saturated heterocycles. The summed E-state index contributed by atoms with van der Waals surface area (Å²) in [5.41, 5.74) is 15.2. The number of benzene rings is 1. The molecule has 0 fully saturated rings. The second-order valence-corrected chi connectivity index (χ2v) is 2.97. The van der Waals surface area contributed by atoms with Crippen molar-refractivity contribution < 1.29 is 10.0 Å². The fraction of sp³-hybridized carbons (Fsp3) is 0. The van der Waals surface area contributed by atoms with Gasteiger partial charge in [0, 0.05) is 12.1 Å². The van der Waals surface area contributed by atoms with Crippen molar-refractivity contribution in [3.05, 3.63) is 28.3 Å². The molecule has 0 radical (unpaired) electrons. The number of nitrogens with two attached hydrogens (primary N) is 3. The van der Waals surface area contributed by atoms with Gasteiger partial charge >= 0.3 is 0 Å². The van der Waals surface area contributed by atoms with E-state index in [0.29, 0.717) is 0 Å². The molecule has 0 atom stereocenters. The molecule has 0 heterocycles. The SMILES string of the molecule is NC(N)=NC(N)=Nc1cc(O)cc([N+](=O)[O-])c1. The Kier molecular flexibility index (Phi) is 3.44. The summed E-state index contributed by atoms with van der Waals surface area (Å²) < 4.78 is 0. The average molecular weight is 238 g/mol. The third-order valence-electron chi connectivity index (χ3n) is 1.59. The lowest BCUT2D eigenvalue weighted by Gasteiger charge is -1.98. The van der Waals surface area contributed by atoms with Crippen LogP contribution in [-0.4, -0.2) is 21.9 Å². The number of nitro benzene ring substituents is 1. The van der Waals surface area contributed by atoms with E-state index in [4.69, 9.17) is 17.2 Å². The van der Waals surface area contributed by atoms with Gasteiger partial charge in [0.1, 0.15) is 5.75 Å². The lowest BCUT2D eigenvalue weighted by molar-refractivity contribution is -0.384. The highest BCUT2D eigenvalue weighted by molar-refractivity contribution is 5.93. The Hall–Kier alpha value is -2.84. The zero-order valence-corrected chi connectivity index (χ0v) is 8.57. The van der Waals surface area contributed by atoms with Gasteiger partial charge in [-0.15, -0.1) is 0 Å². The van der Waals surface area contributed by atoms with Crippen molar-refractivity contribution >= 4 is 23.3 Å². The molecule has 0 amide bonds. The van der Waals surface area contributed by atoms with E-state index < -0.39 is 4.92 Å². The van der Waals surface area contributed by atoms with Crippen LogP contribution in [0.15, 0.2) is 28.2 Å². The fourth-order valence-corrected chi connectivity index (χ4v) is 1.04. The largest absolute Gasteiger partial charge is 0.508 e. The summed E-state index contributed by atoms with van der Waals surface area (Å²) in [6, 6.07) is 3.28. The van der Waals surface area contributed by atoms with Crippen LogP contribution < -0.4 is 17.2 Å². The first-order valence-electron chi connectivity index (χ1n) is 4.30. The van der Waals surface area contributed by atoms with Crippen molar-refractivity contribution in [1.82, 2.24) is 0 Å². The molecule has 0 aliphatic rings. The minimum Gasteiger partial charge on any atom is -0.508 e. The summed E-state index contributed by atoms with van der Waals surface area (Å²) in [5, 5.41) is 19.8. The molecule has 0 aromatic heterocycles. The number of rotatable bonds is 2. The van der Waals surface area contributed by atoms with Crippen LogP contribution in [0.3, 0.4) is 0 Å². The van der Waals surface area contributed by atoms with Gasteiger partial charge in [-0.05, 0) is 0 Å². The molecule has 1 rings (SSSR count). The Morgan fingerprint density at radius 3 is 2.47 bits per heavy atom. The molecule has 0 aliphatic carbocycles. The minimum absolute atomic E-state index is 0.0687. The van der Waals surface area contributed by atoms with E-state index in [-0.39, 0.29) is 29.0 Å². The number of non-ortho nitro benzene ring substituents is 1. The van der Waals surface area contributed by atoms with E-state index in [2.05, 4.69) is 9.98 Å². The lowest BCUT2D eigenvalue weighted by atomic mass is 10.2. The van der Waals surface area contributed by atoms with E-state index in [0.717, 1.165) is 12.1 Å². The van der Waals surface area contributed by atoms with Gasteiger partial charge in [0.15, 0.2) is 5.96 Å². The van der Waals surface area contributed by atoms with E-state index in [9.17, 15) is 15.2 Å². The topological polar surface area (TPSA) is 166 Å². The summed E-state index contributed by atoms with van der Waals surface area (Å²) in [4.78, 5) is 17.0. The Labute approximate surface area is 95.4 Å². The van der Waals surface area contributed by atoms with Crippen LogP contribution >= 0.6 is 0 Å². The fourth-order valence-electron chi connectivity index (χ4n) is 1.04. The highest BCUT2D eigenvalue weighted by Crippen LogP contribution is 2.26. The molecule has 90 valence electrons. The molecule has 0 bridgehead atoms. The minimum atomic E-state index is -0.671. The highest BCUT2D eigenvalue weighted by atomic mass is 16.6. The number of nitrogens with zero attached hydrogens (tertiary/aromatic N) is 3. The van der Waals surface area contributed by atoms with Crippen molar-refractivity contribution in [2.75, 3.05) is 0 Å². The monoisotopic (exact) mass is 238 g/mol. The van der Waals surface area contributed by atoms with Crippen LogP contribution in [0, 0.1) is 10.1 Å². The highest BCUT2D eigenvalue weighted by Gasteiger charge is 2.09. The number of hydrogen-bond acceptors (Lipinski definition) is 4. The summed E-state index contributed by atoms with van der Waals surface area (Å²) in [5.74, 6) is -0.874. The van der Waals surface area contributed by atoms with Crippen LogP contribution in [0.2, 0.25) is 0 Å². The molecular weight excluding hydrogens is 228 g/mol. The summed E-state index contributed by atoms with van der Waals surface area (Å²) in [7, 11) is 0. The number of nitro groups is 1. The van der Waals surface area contributed by atoms with Crippen LogP contribution in [0.25, 0.3) is 0 Å². The van der Waals surface area contributed by atoms with Crippen molar-refractivity contribution in [2.45, 2.75) is 0 Å². The van der Waals surface area contributed by atoms with Crippen molar-refractivity contribution in [3.8, 4) is 5.75 Å².